The molecule has 0 aromatic heterocycles. The maximum Gasteiger partial charge on any atom is 0.307 e. The molecule has 112 valence electrons. The van der Waals surface area contributed by atoms with Gasteiger partial charge < -0.3 is 4.74 Å². The van der Waals surface area contributed by atoms with Crippen LogP contribution < -0.4 is 0 Å². The lowest BCUT2D eigenvalue weighted by Crippen LogP contribution is -2.63. The van der Waals surface area contributed by atoms with Gasteiger partial charge in [0.15, 0.2) is 11.5 Å². The molecule has 0 aliphatic heterocycles. The Morgan fingerprint density at radius 1 is 1.19 bits per heavy atom. The minimum atomic E-state index is -1.16. The molecule has 3 atom stereocenters. The van der Waals surface area contributed by atoms with Crippen molar-refractivity contribution >= 4 is 5.97 Å². The standard InChI is InChI=1S/C16H21N3O2/c1-10(2)14-15(4,5)12(16(14,8-18)9-19)6-13(20)21-11(3)7-17/h10-12,14H,6H2,1-5H3. The van der Waals surface area contributed by atoms with Gasteiger partial charge in [0.2, 0.25) is 0 Å². The highest BCUT2D eigenvalue weighted by Crippen LogP contribution is 2.66. The van der Waals surface area contributed by atoms with E-state index in [0.29, 0.717) is 0 Å². The van der Waals surface area contributed by atoms with Crippen molar-refractivity contribution in [1.82, 2.24) is 0 Å². The molecule has 1 aliphatic rings. The Morgan fingerprint density at radius 2 is 1.71 bits per heavy atom. The molecule has 1 fully saturated rings. The molecule has 0 aromatic carbocycles. The predicted molar refractivity (Wildman–Crippen MR) is 75.0 cm³/mol. The first-order valence-corrected chi connectivity index (χ1v) is 7.09. The Hall–Kier alpha value is -2.06. The lowest BCUT2D eigenvalue weighted by atomic mass is 9.38. The smallest absolute Gasteiger partial charge is 0.307 e. The van der Waals surface area contributed by atoms with Crippen LogP contribution in [0.5, 0.6) is 0 Å². The van der Waals surface area contributed by atoms with Crippen LogP contribution in [0.2, 0.25) is 0 Å². The van der Waals surface area contributed by atoms with Crippen LogP contribution in [0.1, 0.15) is 41.0 Å². The normalized spacial score (nSPS) is 26.6. The van der Waals surface area contributed by atoms with E-state index in [2.05, 4.69) is 12.1 Å². The van der Waals surface area contributed by atoms with Crippen LogP contribution in [-0.4, -0.2) is 12.1 Å². The van der Waals surface area contributed by atoms with E-state index in [0.717, 1.165) is 0 Å². The van der Waals surface area contributed by atoms with E-state index in [1.165, 1.54) is 6.92 Å². The fourth-order valence-corrected chi connectivity index (χ4v) is 4.08. The van der Waals surface area contributed by atoms with E-state index in [-0.39, 0.29) is 29.6 Å². The molecule has 3 unspecified atom stereocenters. The molecule has 0 heterocycles. The average Bonchev–Trinajstić information content (AvgIpc) is 2.40. The highest BCUT2D eigenvalue weighted by Gasteiger charge is 2.68. The lowest BCUT2D eigenvalue weighted by Gasteiger charge is -2.61. The van der Waals surface area contributed by atoms with Gasteiger partial charge in [0.05, 0.1) is 18.6 Å². The van der Waals surface area contributed by atoms with E-state index in [4.69, 9.17) is 10.00 Å². The van der Waals surface area contributed by atoms with E-state index in [1.807, 2.05) is 33.8 Å². The zero-order chi connectivity index (χ0) is 16.4. The van der Waals surface area contributed by atoms with Gasteiger partial charge in [-0.3, -0.25) is 4.79 Å². The summed E-state index contributed by atoms with van der Waals surface area (Å²) in [5.41, 5.74) is -1.46. The van der Waals surface area contributed by atoms with Crippen LogP contribution in [-0.2, 0) is 9.53 Å². The summed E-state index contributed by atoms with van der Waals surface area (Å²) in [6.07, 6.45) is -0.830. The third-order valence-electron chi connectivity index (χ3n) is 4.64. The van der Waals surface area contributed by atoms with Crippen molar-refractivity contribution < 1.29 is 9.53 Å². The summed E-state index contributed by atoms with van der Waals surface area (Å²) >= 11 is 0. The number of nitriles is 3. The van der Waals surface area contributed by atoms with Crippen molar-refractivity contribution in [2.75, 3.05) is 0 Å². The third-order valence-corrected chi connectivity index (χ3v) is 4.64. The Morgan fingerprint density at radius 3 is 2.10 bits per heavy atom. The molecule has 0 amide bonds. The van der Waals surface area contributed by atoms with Crippen molar-refractivity contribution in [3.05, 3.63) is 0 Å². The molecule has 1 saturated carbocycles. The van der Waals surface area contributed by atoms with Crippen molar-refractivity contribution in [3.63, 3.8) is 0 Å². The van der Waals surface area contributed by atoms with E-state index >= 15 is 0 Å². The lowest BCUT2D eigenvalue weighted by molar-refractivity contribution is -0.169. The van der Waals surface area contributed by atoms with Crippen molar-refractivity contribution in [2.24, 2.45) is 28.6 Å². The van der Waals surface area contributed by atoms with Gasteiger partial charge in [-0.25, -0.2) is 0 Å². The second-order valence-corrected chi connectivity index (χ2v) is 6.65. The van der Waals surface area contributed by atoms with Crippen LogP contribution in [0.15, 0.2) is 0 Å². The Bertz CT molecular complexity index is 531. The van der Waals surface area contributed by atoms with Crippen LogP contribution in [0.25, 0.3) is 0 Å². The second kappa shape index (κ2) is 5.74. The predicted octanol–water partition coefficient (Wildman–Crippen LogP) is 2.79. The first kappa shape index (κ1) is 17.0. The summed E-state index contributed by atoms with van der Waals surface area (Å²) in [6, 6.07) is 6.11. The van der Waals surface area contributed by atoms with Crippen LogP contribution >= 0.6 is 0 Å². The number of carbonyl (C=O) groups excluding carboxylic acids is 1. The summed E-state index contributed by atoms with van der Waals surface area (Å²) in [7, 11) is 0. The molecule has 0 saturated heterocycles. The zero-order valence-electron chi connectivity index (χ0n) is 13.2. The third kappa shape index (κ3) is 2.59. The number of rotatable bonds is 4. The number of hydrogen-bond acceptors (Lipinski definition) is 5. The summed E-state index contributed by atoms with van der Waals surface area (Å²) in [5, 5.41) is 27.7. The highest BCUT2D eigenvalue weighted by molar-refractivity contribution is 5.71. The maximum atomic E-state index is 11.9. The molecule has 5 nitrogen and oxygen atoms in total. The zero-order valence-corrected chi connectivity index (χ0v) is 13.2. The van der Waals surface area contributed by atoms with Gasteiger partial charge in [-0.15, -0.1) is 0 Å². The number of esters is 1. The Labute approximate surface area is 126 Å². The van der Waals surface area contributed by atoms with Gasteiger partial charge in [0.1, 0.15) is 6.07 Å². The SMILES string of the molecule is CC(C#N)OC(=O)CC1C(C)(C)C(C(C)C)C1(C#N)C#N. The number of hydrogen-bond donors (Lipinski definition) is 0. The first-order valence-electron chi connectivity index (χ1n) is 7.09. The molecule has 0 bridgehead atoms. The molecule has 1 rings (SSSR count). The van der Waals surface area contributed by atoms with E-state index < -0.39 is 17.5 Å². The largest absolute Gasteiger partial charge is 0.447 e. The van der Waals surface area contributed by atoms with Gasteiger partial charge >= 0.3 is 5.97 Å². The maximum absolute atomic E-state index is 11.9. The van der Waals surface area contributed by atoms with Gasteiger partial charge in [-0.2, -0.15) is 15.8 Å². The van der Waals surface area contributed by atoms with Crippen LogP contribution in [0.3, 0.4) is 0 Å². The van der Waals surface area contributed by atoms with Crippen molar-refractivity contribution in [2.45, 2.75) is 47.1 Å². The molecule has 5 heteroatoms. The second-order valence-electron chi connectivity index (χ2n) is 6.65. The molecule has 0 radical (unpaired) electrons. The summed E-state index contributed by atoms with van der Waals surface area (Å²) in [5.74, 6) is -0.833. The van der Waals surface area contributed by atoms with Gasteiger partial charge in [-0.05, 0) is 24.2 Å². The number of ether oxygens (including phenoxy) is 1. The summed E-state index contributed by atoms with van der Waals surface area (Å²) in [6.45, 7) is 9.43. The Kier molecular flexibility index (Phi) is 4.65. The first-order chi connectivity index (χ1) is 9.67. The fourth-order valence-electron chi connectivity index (χ4n) is 4.08. The molecular formula is C16H21N3O2. The van der Waals surface area contributed by atoms with Gasteiger partial charge in [0, 0.05) is 5.92 Å². The summed E-state index contributed by atoms with van der Waals surface area (Å²) in [4.78, 5) is 11.9. The molecule has 0 N–H and O–H groups in total. The highest BCUT2D eigenvalue weighted by atomic mass is 16.5. The molecular weight excluding hydrogens is 266 g/mol. The van der Waals surface area contributed by atoms with Crippen molar-refractivity contribution in [1.29, 1.82) is 15.8 Å². The minimum Gasteiger partial charge on any atom is -0.447 e. The molecule has 0 spiro atoms. The Balaban J connectivity index is 3.02. The monoisotopic (exact) mass is 287 g/mol. The van der Waals surface area contributed by atoms with Gasteiger partial charge in [-0.1, -0.05) is 27.7 Å². The summed E-state index contributed by atoms with van der Waals surface area (Å²) < 4.78 is 4.96. The molecule has 21 heavy (non-hydrogen) atoms. The molecule has 0 aromatic rings. The fraction of sp³-hybridized carbons (Fsp3) is 0.750. The quantitative estimate of drug-likeness (QED) is 0.740. The van der Waals surface area contributed by atoms with Crippen LogP contribution in [0, 0.1) is 62.6 Å². The van der Waals surface area contributed by atoms with Gasteiger partial charge in [0.25, 0.3) is 0 Å². The van der Waals surface area contributed by atoms with Crippen LogP contribution in [0.4, 0.5) is 0 Å². The number of nitrogens with zero attached hydrogens (tertiary/aromatic N) is 3. The minimum absolute atomic E-state index is 0.0106. The number of carbonyl (C=O) groups is 1. The van der Waals surface area contributed by atoms with Crippen molar-refractivity contribution in [3.8, 4) is 18.2 Å². The van der Waals surface area contributed by atoms with E-state index in [9.17, 15) is 15.3 Å². The molecule has 1 aliphatic carbocycles. The average molecular weight is 287 g/mol. The topological polar surface area (TPSA) is 97.7 Å². The van der Waals surface area contributed by atoms with E-state index in [1.54, 1.807) is 0 Å².